The van der Waals surface area contributed by atoms with Gasteiger partial charge in [-0.25, -0.2) is 4.98 Å². The Labute approximate surface area is 111 Å². The largest absolute Gasteiger partial charge is 0.326 e. The molecule has 3 rings (SSSR count). The molecule has 0 radical (unpaired) electrons. The summed E-state index contributed by atoms with van der Waals surface area (Å²) in [5, 5.41) is 3.19. The van der Waals surface area contributed by atoms with Gasteiger partial charge in [-0.2, -0.15) is 0 Å². The molecule has 0 bridgehead atoms. The molecule has 98 valence electrons. The molecule has 0 fully saturated rings. The van der Waals surface area contributed by atoms with Gasteiger partial charge in [0, 0.05) is 11.3 Å². The van der Waals surface area contributed by atoms with Crippen LogP contribution in [0.2, 0.25) is 0 Å². The Morgan fingerprint density at radius 1 is 1.16 bits per heavy atom. The van der Waals surface area contributed by atoms with Gasteiger partial charge in [0.25, 0.3) is 5.56 Å². The molecule has 0 unspecified atom stereocenters. The van der Waals surface area contributed by atoms with E-state index in [4.69, 9.17) is 0 Å². The molecule has 2 aromatic rings. The van der Waals surface area contributed by atoms with E-state index in [1.165, 1.54) is 11.1 Å². The zero-order valence-corrected chi connectivity index (χ0v) is 11.2. The highest BCUT2D eigenvalue weighted by molar-refractivity contribution is 5.56. The molecule has 4 nitrogen and oxygen atoms in total. The molecular weight excluding hydrogens is 238 g/mol. The normalized spacial score (nSPS) is 13.4. The molecule has 1 aliphatic carbocycles. The average Bonchev–Trinajstić information content (AvgIpc) is 2.75. The van der Waals surface area contributed by atoms with E-state index in [1.807, 2.05) is 12.1 Å². The number of hydrogen-bond acceptors (Lipinski definition) is 3. The number of hydrogen-bond donors (Lipinski definition) is 2. The van der Waals surface area contributed by atoms with Gasteiger partial charge in [-0.15, -0.1) is 0 Å². The van der Waals surface area contributed by atoms with Crippen molar-refractivity contribution < 1.29 is 0 Å². The predicted octanol–water partition coefficient (Wildman–Crippen LogP) is 2.62. The minimum absolute atomic E-state index is 0.00521. The molecule has 0 aliphatic heterocycles. The van der Waals surface area contributed by atoms with Crippen molar-refractivity contribution in [2.24, 2.45) is 0 Å². The fourth-order valence-corrected chi connectivity index (χ4v) is 2.68. The third-order valence-corrected chi connectivity index (χ3v) is 3.43. The van der Waals surface area contributed by atoms with E-state index in [2.05, 4.69) is 35.2 Å². The summed E-state index contributed by atoms with van der Waals surface area (Å²) in [4.78, 5) is 19.2. The van der Waals surface area contributed by atoms with Gasteiger partial charge >= 0.3 is 0 Å². The Balaban J connectivity index is 1.95. The van der Waals surface area contributed by atoms with Crippen LogP contribution in [-0.2, 0) is 12.8 Å². The summed E-state index contributed by atoms with van der Waals surface area (Å²) < 4.78 is 0. The second-order valence-electron chi connectivity index (χ2n) is 5.19. The van der Waals surface area contributed by atoms with Gasteiger partial charge in [-0.05, 0) is 56.4 Å². The summed E-state index contributed by atoms with van der Waals surface area (Å²) in [7, 11) is 0. The van der Waals surface area contributed by atoms with Gasteiger partial charge in [-0.1, -0.05) is 6.07 Å². The van der Waals surface area contributed by atoms with Gasteiger partial charge < -0.3 is 5.32 Å². The maximum atomic E-state index is 11.9. The summed E-state index contributed by atoms with van der Waals surface area (Å²) in [6, 6.07) is 6.20. The van der Waals surface area contributed by atoms with Crippen molar-refractivity contribution >= 4 is 11.6 Å². The minimum atomic E-state index is -0.00521. The molecule has 0 saturated carbocycles. The van der Waals surface area contributed by atoms with Gasteiger partial charge in [0.2, 0.25) is 5.95 Å². The number of aromatic nitrogens is 2. The van der Waals surface area contributed by atoms with Crippen LogP contribution >= 0.6 is 0 Å². The van der Waals surface area contributed by atoms with Crippen LogP contribution in [0.3, 0.4) is 0 Å². The quantitative estimate of drug-likeness (QED) is 0.867. The summed E-state index contributed by atoms with van der Waals surface area (Å²) in [6.07, 6.45) is 2.78. The number of H-pyrrole nitrogens is 1. The lowest BCUT2D eigenvalue weighted by atomic mass is 10.1. The van der Waals surface area contributed by atoms with E-state index in [0.29, 0.717) is 5.95 Å². The summed E-state index contributed by atoms with van der Waals surface area (Å²) in [5.74, 6) is 0.538. The number of anilines is 2. The van der Waals surface area contributed by atoms with Crippen LogP contribution in [0.4, 0.5) is 11.6 Å². The number of aromatic amines is 1. The Morgan fingerprint density at radius 2 is 1.89 bits per heavy atom. The van der Waals surface area contributed by atoms with Gasteiger partial charge in [0.1, 0.15) is 0 Å². The summed E-state index contributed by atoms with van der Waals surface area (Å²) >= 11 is 0. The SMILES string of the molecule is Cc1cc(C)cc(Nc2nc3c(c(=O)[nH]2)CCC3)c1. The van der Waals surface area contributed by atoms with Crippen molar-refractivity contribution in [1.29, 1.82) is 0 Å². The van der Waals surface area contributed by atoms with Crippen LogP contribution in [0, 0.1) is 13.8 Å². The van der Waals surface area contributed by atoms with Crippen molar-refractivity contribution in [3.05, 3.63) is 50.9 Å². The zero-order valence-electron chi connectivity index (χ0n) is 11.2. The second-order valence-corrected chi connectivity index (χ2v) is 5.19. The summed E-state index contributed by atoms with van der Waals surface area (Å²) in [5.41, 5.74) is 5.12. The van der Waals surface area contributed by atoms with Crippen LogP contribution in [-0.4, -0.2) is 9.97 Å². The Hall–Kier alpha value is -2.10. The molecule has 0 atom stereocenters. The predicted molar refractivity (Wildman–Crippen MR) is 76.1 cm³/mol. The Morgan fingerprint density at radius 3 is 2.63 bits per heavy atom. The van der Waals surface area contributed by atoms with Crippen LogP contribution in [0.5, 0.6) is 0 Å². The molecule has 0 spiro atoms. The highest BCUT2D eigenvalue weighted by atomic mass is 16.1. The second kappa shape index (κ2) is 4.53. The minimum Gasteiger partial charge on any atom is -0.326 e. The zero-order chi connectivity index (χ0) is 13.4. The fourth-order valence-electron chi connectivity index (χ4n) is 2.68. The van der Waals surface area contributed by atoms with E-state index in [1.54, 1.807) is 0 Å². The van der Waals surface area contributed by atoms with Gasteiger partial charge in [0.15, 0.2) is 0 Å². The van der Waals surface area contributed by atoms with Crippen molar-refractivity contribution in [3.63, 3.8) is 0 Å². The van der Waals surface area contributed by atoms with Crippen molar-refractivity contribution in [2.45, 2.75) is 33.1 Å². The molecule has 2 N–H and O–H groups in total. The lowest BCUT2D eigenvalue weighted by Gasteiger charge is -2.09. The van der Waals surface area contributed by atoms with Crippen LogP contribution in [0.1, 0.15) is 28.8 Å². The van der Waals surface area contributed by atoms with Crippen LogP contribution in [0.25, 0.3) is 0 Å². The van der Waals surface area contributed by atoms with E-state index in [-0.39, 0.29) is 5.56 Å². The Kier molecular flexibility index (Phi) is 2.85. The first-order valence-electron chi connectivity index (χ1n) is 6.59. The van der Waals surface area contributed by atoms with E-state index < -0.39 is 0 Å². The molecule has 1 heterocycles. The maximum Gasteiger partial charge on any atom is 0.255 e. The van der Waals surface area contributed by atoms with Crippen LogP contribution < -0.4 is 10.9 Å². The molecule has 4 heteroatoms. The number of benzene rings is 1. The lowest BCUT2D eigenvalue weighted by molar-refractivity contribution is 0.899. The van der Waals surface area contributed by atoms with E-state index in [0.717, 1.165) is 36.2 Å². The number of rotatable bonds is 2. The Bertz CT molecular complexity index is 668. The topological polar surface area (TPSA) is 57.8 Å². The first-order valence-corrected chi connectivity index (χ1v) is 6.59. The summed E-state index contributed by atoms with van der Waals surface area (Å²) in [6.45, 7) is 4.11. The number of nitrogens with zero attached hydrogens (tertiary/aromatic N) is 1. The third kappa shape index (κ3) is 2.38. The van der Waals surface area contributed by atoms with Crippen LogP contribution in [0.15, 0.2) is 23.0 Å². The first-order chi connectivity index (χ1) is 9.11. The third-order valence-electron chi connectivity index (χ3n) is 3.43. The van der Waals surface area contributed by atoms with Crippen molar-refractivity contribution in [3.8, 4) is 0 Å². The lowest BCUT2D eigenvalue weighted by Crippen LogP contribution is -2.16. The molecule has 19 heavy (non-hydrogen) atoms. The van der Waals surface area contributed by atoms with E-state index >= 15 is 0 Å². The van der Waals surface area contributed by atoms with Crippen molar-refractivity contribution in [2.75, 3.05) is 5.32 Å². The smallest absolute Gasteiger partial charge is 0.255 e. The monoisotopic (exact) mass is 255 g/mol. The molecule has 0 amide bonds. The molecule has 1 aromatic carbocycles. The number of fused-ring (bicyclic) bond motifs is 1. The molecule has 1 aliphatic rings. The maximum absolute atomic E-state index is 11.9. The molecule has 1 aromatic heterocycles. The average molecular weight is 255 g/mol. The van der Waals surface area contributed by atoms with E-state index in [9.17, 15) is 4.79 Å². The van der Waals surface area contributed by atoms with Gasteiger partial charge in [0.05, 0.1) is 5.69 Å². The molecule has 0 saturated heterocycles. The number of nitrogens with one attached hydrogen (secondary N) is 2. The highest BCUT2D eigenvalue weighted by Crippen LogP contribution is 2.20. The van der Waals surface area contributed by atoms with Crippen molar-refractivity contribution in [1.82, 2.24) is 9.97 Å². The fraction of sp³-hybridized carbons (Fsp3) is 0.333. The van der Waals surface area contributed by atoms with Gasteiger partial charge in [-0.3, -0.25) is 9.78 Å². The first kappa shape index (κ1) is 12.0. The highest BCUT2D eigenvalue weighted by Gasteiger charge is 2.17. The molecular formula is C15H17N3O. The number of aryl methyl sites for hydroxylation is 3. The standard InChI is InChI=1S/C15H17N3O/c1-9-6-10(2)8-11(7-9)16-15-17-13-5-3-4-12(13)14(19)18-15/h6-8H,3-5H2,1-2H3,(H2,16,17,18,19).